The highest BCUT2D eigenvalue weighted by Gasteiger charge is 2.35. The van der Waals surface area contributed by atoms with E-state index in [-0.39, 0.29) is 11.4 Å². The van der Waals surface area contributed by atoms with Crippen molar-refractivity contribution in [3.05, 3.63) is 33.9 Å². The summed E-state index contributed by atoms with van der Waals surface area (Å²) in [6, 6.07) is 3.32. The Labute approximate surface area is 92.7 Å². The minimum atomic E-state index is -4.98. The highest BCUT2D eigenvalue weighted by molar-refractivity contribution is 6.17. The fourth-order valence-corrected chi connectivity index (χ4v) is 1.31. The lowest BCUT2D eigenvalue weighted by atomic mass is 10.2. The van der Waals surface area contributed by atoms with E-state index in [9.17, 15) is 23.3 Å². The smallest absolute Gasteiger partial charge is 0.398 e. The molecule has 0 bridgehead atoms. The lowest BCUT2D eigenvalue weighted by Gasteiger charge is -2.10. The van der Waals surface area contributed by atoms with Crippen molar-refractivity contribution in [2.45, 2.75) is 12.2 Å². The molecule has 88 valence electrons. The SMILES string of the molecule is O=[N+]([O-])c1c(CCl)cccc1OC(F)(F)F. The van der Waals surface area contributed by atoms with Gasteiger partial charge in [-0.05, 0) is 6.07 Å². The molecular weight excluding hydrogens is 251 g/mol. The van der Waals surface area contributed by atoms with Gasteiger partial charge in [-0.3, -0.25) is 10.1 Å². The summed E-state index contributed by atoms with van der Waals surface area (Å²) in [5.41, 5.74) is -0.803. The van der Waals surface area contributed by atoms with Crippen molar-refractivity contribution >= 4 is 17.3 Å². The van der Waals surface area contributed by atoms with Gasteiger partial charge in [-0.2, -0.15) is 0 Å². The number of halogens is 4. The van der Waals surface area contributed by atoms with Crippen LogP contribution in [0.3, 0.4) is 0 Å². The van der Waals surface area contributed by atoms with Crippen molar-refractivity contribution in [1.82, 2.24) is 0 Å². The molecule has 0 atom stereocenters. The number of benzene rings is 1. The van der Waals surface area contributed by atoms with Gasteiger partial charge in [0.2, 0.25) is 5.75 Å². The van der Waals surface area contributed by atoms with E-state index in [1.165, 1.54) is 12.1 Å². The Morgan fingerprint density at radius 1 is 1.44 bits per heavy atom. The van der Waals surface area contributed by atoms with Crippen LogP contribution in [0.5, 0.6) is 5.75 Å². The maximum absolute atomic E-state index is 11.9. The maximum Gasteiger partial charge on any atom is 0.573 e. The highest BCUT2D eigenvalue weighted by atomic mass is 35.5. The summed E-state index contributed by atoms with van der Waals surface area (Å²) in [5.74, 6) is -1.14. The third-order valence-electron chi connectivity index (χ3n) is 1.63. The topological polar surface area (TPSA) is 52.4 Å². The minimum Gasteiger partial charge on any atom is -0.398 e. The van der Waals surface area contributed by atoms with E-state index in [1.807, 2.05) is 0 Å². The fourth-order valence-electron chi connectivity index (χ4n) is 1.09. The van der Waals surface area contributed by atoms with E-state index in [0.29, 0.717) is 0 Å². The molecule has 0 amide bonds. The number of para-hydroxylation sites is 1. The molecule has 0 fully saturated rings. The van der Waals surface area contributed by atoms with Crippen molar-refractivity contribution in [3.63, 3.8) is 0 Å². The van der Waals surface area contributed by atoms with E-state index >= 15 is 0 Å². The van der Waals surface area contributed by atoms with Gasteiger partial charge < -0.3 is 4.74 Å². The highest BCUT2D eigenvalue weighted by Crippen LogP contribution is 2.35. The summed E-state index contributed by atoms with van der Waals surface area (Å²) in [7, 11) is 0. The molecule has 1 rings (SSSR count). The minimum absolute atomic E-state index is 0.0339. The molecule has 0 aliphatic carbocycles. The summed E-state index contributed by atoms with van der Waals surface area (Å²) in [6.45, 7) is 0. The zero-order chi connectivity index (χ0) is 12.3. The van der Waals surface area contributed by atoms with Crippen LogP contribution in [0.15, 0.2) is 18.2 Å². The normalized spacial score (nSPS) is 11.2. The molecule has 8 heteroatoms. The van der Waals surface area contributed by atoms with Gasteiger partial charge in [0.05, 0.1) is 10.8 Å². The number of hydrogen-bond donors (Lipinski definition) is 0. The van der Waals surface area contributed by atoms with Gasteiger partial charge in [0, 0.05) is 5.56 Å². The molecule has 0 heterocycles. The van der Waals surface area contributed by atoms with Crippen LogP contribution in [0.2, 0.25) is 0 Å². The third-order valence-corrected chi connectivity index (χ3v) is 1.92. The average Bonchev–Trinajstić information content (AvgIpc) is 2.14. The van der Waals surface area contributed by atoms with Crippen LogP contribution in [-0.2, 0) is 5.88 Å². The molecule has 16 heavy (non-hydrogen) atoms. The molecule has 0 aliphatic heterocycles. The monoisotopic (exact) mass is 255 g/mol. The number of nitro groups is 1. The second kappa shape index (κ2) is 4.56. The van der Waals surface area contributed by atoms with Crippen LogP contribution in [0.1, 0.15) is 5.56 Å². The molecule has 0 unspecified atom stereocenters. The lowest BCUT2D eigenvalue weighted by Crippen LogP contribution is -2.18. The van der Waals surface area contributed by atoms with E-state index < -0.39 is 22.7 Å². The first-order chi connectivity index (χ1) is 7.35. The Morgan fingerprint density at radius 3 is 2.50 bits per heavy atom. The molecule has 0 radical (unpaired) electrons. The largest absolute Gasteiger partial charge is 0.573 e. The summed E-state index contributed by atoms with van der Waals surface area (Å²) >= 11 is 5.38. The van der Waals surface area contributed by atoms with Crippen molar-refractivity contribution in [3.8, 4) is 5.75 Å². The lowest BCUT2D eigenvalue weighted by molar-refractivity contribution is -0.389. The molecule has 0 saturated carbocycles. The second-order valence-electron chi connectivity index (χ2n) is 2.70. The number of nitro benzene ring substituents is 1. The molecule has 0 N–H and O–H groups in total. The molecular formula is C8H5ClF3NO3. The summed E-state index contributed by atoms with van der Waals surface area (Å²) in [4.78, 5) is 9.63. The van der Waals surface area contributed by atoms with Crippen molar-refractivity contribution in [2.24, 2.45) is 0 Å². The third kappa shape index (κ3) is 2.99. The standard InChI is InChI=1S/C8H5ClF3NO3/c9-4-5-2-1-3-6(7(5)13(14)15)16-8(10,11)12/h1-3H,4H2. The van der Waals surface area contributed by atoms with Crippen LogP contribution in [0, 0.1) is 10.1 Å². The van der Waals surface area contributed by atoms with Gasteiger partial charge in [-0.25, -0.2) is 0 Å². The Balaban J connectivity index is 3.22. The molecule has 0 saturated heterocycles. The average molecular weight is 256 g/mol. The second-order valence-corrected chi connectivity index (χ2v) is 2.97. The Bertz CT molecular complexity index is 408. The first-order valence-electron chi connectivity index (χ1n) is 3.93. The predicted molar refractivity (Wildman–Crippen MR) is 49.3 cm³/mol. The van der Waals surface area contributed by atoms with E-state index in [1.54, 1.807) is 0 Å². The zero-order valence-corrected chi connectivity index (χ0v) is 8.38. The van der Waals surface area contributed by atoms with Gasteiger partial charge in [0.25, 0.3) is 0 Å². The van der Waals surface area contributed by atoms with E-state index in [0.717, 1.165) is 6.07 Å². The van der Waals surface area contributed by atoms with Crippen LogP contribution in [0.25, 0.3) is 0 Å². The summed E-state index contributed by atoms with van der Waals surface area (Å²) in [5, 5.41) is 10.6. The Kier molecular flexibility index (Phi) is 3.58. The number of ether oxygens (including phenoxy) is 1. The Hall–Kier alpha value is -1.50. The van der Waals surface area contributed by atoms with E-state index in [2.05, 4.69) is 4.74 Å². The first kappa shape index (κ1) is 12.6. The van der Waals surface area contributed by atoms with E-state index in [4.69, 9.17) is 11.6 Å². The van der Waals surface area contributed by atoms with Crippen LogP contribution >= 0.6 is 11.6 Å². The first-order valence-corrected chi connectivity index (χ1v) is 4.46. The van der Waals surface area contributed by atoms with Gasteiger partial charge in [0.15, 0.2) is 0 Å². The van der Waals surface area contributed by atoms with Gasteiger partial charge >= 0.3 is 12.0 Å². The van der Waals surface area contributed by atoms with Crippen molar-refractivity contribution in [2.75, 3.05) is 0 Å². The van der Waals surface area contributed by atoms with Gasteiger partial charge in [-0.1, -0.05) is 12.1 Å². The fraction of sp³-hybridized carbons (Fsp3) is 0.250. The molecule has 1 aromatic carbocycles. The Morgan fingerprint density at radius 2 is 2.06 bits per heavy atom. The van der Waals surface area contributed by atoms with Crippen molar-refractivity contribution in [1.29, 1.82) is 0 Å². The van der Waals surface area contributed by atoms with Crippen LogP contribution in [0.4, 0.5) is 18.9 Å². The van der Waals surface area contributed by atoms with Crippen molar-refractivity contribution < 1.29 is 22.8 Å². The molecule has 0 aromatic heterocycles. The summed E-state index contributed by atoms with van der Waals surface area (Å²) < 4.78 is 39.4. The number of hydrogen-bond acceptors (Lipinski definition) is 3. The zero-order valence-electron chi connectivity index (χ0n) is 7.62. The number of rotatable bonds is 3. The van der Waals surface area contributed by atoms with Gasteiger partial charge in [-0.15, -0.1) is 24.8 Å². The summed E-state index contributed by atoms with van der Waals surface area (Å²) in [6.07, 6.45) is -4.98. The number of nitrogens with zero attached hydrogens (tertiary/aromatic N) is 1. The quantitative estimate of drug-likeness (QED) is 0.473. The van der Waals surface area contributed by atoms with Crippen LogP contribution in [-0.4, -0.2) is 11.3 Å². The molecule has 4 nitrogen and oxygen atoms in total. The molecule has 1 aromatic rings. The molecule has 0 aliphatic rings. The molecule has 0 spiro atoms. The number of alkyl halides is 4. The van der Waals surface area contributed by atoms with Crippen LogP contribution < -0.4 is 4.74 Å². The maximum atomic E-state index is 11.9. The van der Waals surface area contributed by atoms with Gasteiger partial charge in [0.1, 0.15) is 0 Å². The predicted octanol–water partition coefficient (Wildman–Crippen LogP) is 3.23.